The fourth-order valence-electron chi connectivity index (χ4n) is 2.30. The Hall–Kier alpha value is -1.67. The first-order chi connectivity index (χ1) is 10.0. The lowest BCUT2D eigenvalue weighted by Crippen LogP contribution is -2.63. The summed E-state index contributed by atoms with van der Waals surface area (Å²) in [6.07, 6.45) is -4.88. The third-order valence-electron chi connectivity index (χ3n) is 3.55. The molecule has 1 amide bonds. The van der Waals surface area contributed by atoms with Crippen LogP contribution in [-0.4, -0.2) is 68.9 Å². The van der Waals surface area contributed by atoms with E-state index >= 15 is 0 Å². The van der Waals surface area contributed by atoms with Crippen molar-refractivity contribution in [2.24, 2.45) is 0 Å². The lowest BCUT2D eigenvalue weighted by atomic mass is 9.95. The van der Waals surface area contributed by atoms with Gasteiger partial charge in [0, 0.05) is 0 Å². The quantitative estimate of drug-likeness (QED) is 0.574. The molecule has 0 saturated carbocycles. The number of hydrogen-bond acceptors (Lipinski definition) is 6. The molecular formula is C14H19NO6. The van der Waals surface area contributed by atoms with Crippen LogP contribution in [0, 0.1) is 0 Å². The number of aliphatic hydroxyl groups excluding tert-OH is 4. The summed E-state index contributed by atoms with van der Waals surface area (Å²) in [5.74, 6) is 0. The number of aliphatic hydroxyl groups is 4. The summed E-state index contributed by atoms with van der Waals surface area (Å²) in [6, 6.07) is 8.04. The van der Waals surface area contributed by atoms with Crippen molar-refractivity contribution in [2.75, 3.05) is 13.2 Å². The number of piperidine rings is 1. The molecule has 2 rings (SSSR count). The van der Waals surface area contributed by atoms with Gasteiger partial charge in [-0.05, 0) is 5.56 Å². The largest absolute Gasteiger partial charge is 0.445 e. The summed E-state index contributed by atoms with van der Waals surface area (Å²) in [5.41, 5.74) is 0.796. The molecule has 7 nitrogen and oxygen atoms in total. The van der Waals surface area contributed by atoms with Gasteiger partial charge in [-0.2, -0.15) is 0 Å². The van der Waals surface area contributed by atoms with Gasteiger partial charge >= 0.3 is 6.09 Å². The lowest BCUT2D eigenvalue weighted by molar-refractivity contribution is -0.138. The van der Waals surface area contributed by atoms with E-state index in [4.69, 9.17) is 4.74 Å². The molecule has 0 aliphatic carbocycles. The first-order valence-corrected chi connectivity index (χ1v) is 6.67. The summed E-state index contributed by atoms with van der Waals surface area (Å²) in [6.45, 7) is -0.703. The average Bonchev–Trinajstić information content (AvgIpc) is 2.51. The molecule has 21 heavy (non-hydrogen) atoms. The number of ether oxygens (including phenoxy) is 1. The number of rotatable bonds is 3. The van der Waals surface area contributed by atoms with E-state index in [0.29, 0.717) is 0 Å². The number of amides is 1. The van der Waals surface area contributed by atoms with Crippen LogP contribution in [-0.2, 0) is 11.3 Å². The molecule has 1 aliphatic heterocycles. The molecule has 7 heteroatoms. The Balaban J connectivity index is 2.00. The van der Waals surface area contributed by atoms with Crippen LogP contribution in [0.25, 0.3) is 0 Å². The molecule has 116 valence electrons. The van der Waals surface area contributed by atoms with Crippen LogP contribution in [0.5, 0.6) is 0 Å². The second-order valence-corrected chi connectivity index (χ2v) is 4.99. The molecule has 0 spiro atoms. The zero-order chi connectivity index (χ0) is 15.4. The smallest absolute Gasteiger partial charge is 0.410 e. The molecule has 1 aromatic carbocycles. The summed E-state index contributed by atoms with van der Waals surface area (Å²) in [4.78, 5) is 13.1. The van der Waals surface area contributed by atoms with E-state index in [9.17, 15) is 25.2 Å². The molecule has 0 radical (unpaired) electrons. The minimum Gasteiger partial charge on any atom is -0.445 e. The van der Waals surface area contributed by atoms with Crippen molar-refractivity contribution in [1.29, 1.82) is 0 Å². The fourth-order valence-corrected chi connectivity index (χ4v) is 2.30. The lowest BCUT2D eigenvalue weighted by Gasteiger charge is -2.42. The summed E-state index contributed by atoms with van der Waals surface area (Å²) >= 11 is 0. The monoisotopic (exact) mass is 297 g/mol. The Morgan fingerprint density at radius 1 is 1.19 bits per heavy atom. The van der Waals surface area contributed by atoms with Gasteiger partial charge in [0.25, 0.3) is 0 Å². The zero-order valence-electron chi connectivity index (χ0n) is 11.4. The zero-order valence-corrected chi connectivity index (χ0v) is 11.4. The van der Waals surface area contributed by atoms with Gasteiger partial charge in [-0.15, -0.1) is 0 Å². The Morgan fingerprint density at radius 2 is 1.86 bits per heavy atom. The Bertz CT molecular complexity index is 468. The van der Waals surface area contributed by atoms with E-state index in [-0.39, 0.29) is 13.2 Å². The van der Waals surface area contributed by atoms with Crippen molar-refractivity contribution >= 4 is 6.09 Å². The van der Waals surface area contributed by atoms with Crippen LogP contribution < -0.4 is 0 Å². The molecule has 1 aliphatic rings. The van der Waals surface area contributed by atoms with Crippen LogP contribution in [0.4, 0.5) is 4.79 Å². The van der Waals surface area contributed by atoms with E-state index in [1.165, 1.54) is 0 Å². The van der Waals surface area contributed by atoms with Crippen molar-refractivity contribution in [3.63, 3.8) is 0 Å². The van der Waals surface area contributed by atoms with E-state index in [1.54, 1.807) is 12.1 Å². The molecule has 0 bridgehead atoms. The van der Waals surface area contributed by atoms with E-state index in [2.05, 4.69) is 0 Å². The van der Waals surface area contributed by atoms with Crippen molar-refractivity contribution < 1.29 is 30.0 Å². The molecule has 1 aromatic rings. The molecule has 1 saturated heterocycles. The predicted octanol–water partition coefficient (Wildman–Crippen LogP) is -0.918. The molecular weight excluding hydrogens is 278 g/mol. The molecule has 4 atom stereocenters. The van der Waals surface area contributed by atoms with Gasteiger partial charge in [0.2, 0.25) is 0 Å². The number of hydrogen-bond donors (Lipinski definition) is 4. The highest BCUT2D eigenvalue weighted by Gasteiger charge is 2.43. The van der Waals surface area contributed by atoms with Crippen LogP contribution in [0.3, 0.4) is 0 Å². The van der Waals surface area contributed by atoms with Crippen LogP contribution in [0.15, 0.2) is 30.3 Å². The van der Waals surface area contributed by atoms with Crippen LogP contribution >= 0.6 is 0 Å². The maximum Gasteiger partial charge on any atom is 0.410 e. The standard InChI is InChI=1S/C14H19NO6/c16-7-10-12(18)13(19)11(17)6-15(10)14(20)21-8-9-4-2-1-3-5-9/h1-5,10-13,16-19H,6-8H2/t10?,11-,12+,13+/m0/s1. The van der Waals surface area contributed by atoms with Crippen molar-refractivity contribution in [3.8, 4) is 0 Å². The highest BCUT2D eigenvalue weighted by molar-refractivity contribution is 5.68. The minimum atomic E-state index is -1.43. The number of nitrogens with zero attached hydrogens (tertiary/aromatic N) is 1. The van der Waals surface area contributed by atoms with Gasteiger partial charge in [-0.3, -0.25) is 4.90 Å². The van der Waals surface area contributed by atoms with Crippen molar-refractivity contribution in [3.05, 3.63) is 35.9 Å². The summed E-state index contributed by atoms with van der Waals surface area (Å²) in [5, 5.41) is 38.3. The normalized spacial score (nSPS) is 29.2. The Kier molecular flexibility index (Phi) is 5.13. The average molecular weight is 297 g/mol. The highest BCUT2D eigenvalue weighted by atomic mass is 16.6. The van der Waals surface area contributed by atoms with Gasteiger partial charge in [-0.25, -0.2) is 4.79 Å². The van der Waals surface area contributed by atoms with E-state index in [0.717, 1.165) is 10.5 Å². The third-order valence-corrected chi connectivity index (χ3v) is 3.55. The van der Waals surface area contributed by atoms with Gasteiger partial charge in [0.1, 0.15) is 24.9 Å². The third kappa shape index (κ3) is 3.51. The maximum atomic E-state index is 12.0. The molecule has 1 unspecified atom stereocenters. The van der Waals surface area contributed by atoms with E-state index < -0.39 is 37.1 Å². The highest BCUT2D eigenvalue weighted by Crippen LogP contribution is 2.20. The Labute approximate surface area is 122 Å². The second-order valence-electron chi connectivity index (χ2n) is 4.99. The van der Waals surface area contributed by atoms with Crippen LogP contribution in [0.1, 0.15) is 5.56 Å². The number of benzene rings is 1. The minimum absolute atomic E-state index is 0.0447. The topological polar surface area (TPSA) is 110 Å². The Morgan fingerprint density at radius 3 is 2.48 bits per heavy atom. The fraction of sp³-hybridized carbons (Fsp3) is 0.500. The number of β-amino-alcohol motifs (C(OH)–C–C–N with tert-alkyl or cyclic N) is 1. The number of likely N-dealkylation sites (tertiary alicyclic amines) is 1. The molecule has 1 heterocycles. The predicted molar refractivity (Wildman–Crippen MR) is 72.2 cm³/mol. The first kappa shape index (κ1) is 15.7. The van der Waals surface area contributed by atoms with Gasteiger partial charge < -0.3 is 25.2 Å². The van der Waals surface area contributed by atoms with E-state index in [1.807, 2.05) is 18.2 Å². The number of carbonyl (C=O) groups excluding carboxylic acids is 1. The van der Waals surface area contributed by atoms with Crippen molar-refractivity contribution in [1.82, 2.24) is 4.90 Å². The molecule has 0 aromatic heterocycles. The van der Waals surface area contributed by atoms with Gasteiger partial charge in [-0.1, -0.05) is 30.3 Å². The van der Waals surface area contributed by atoms with Crippen LogP contribution in [0.2, 0.25) is 0 Å². The summed E-state index contributed by atoms with van der Waals surface area (Å²) in [7, 11) is 0. The number of carbonyl (C=O) groups is 1. The second kappa shape index (κ2) is 6.86. The maximum absolute atomic E-state index is 12.0. The van der Waals surface area contributed by atoms with Gasteiger partial charge in [0.15, 0.2) is 0 Å². The summed E-state index contributed by atoms with van der Waals surface area (Å²) < 4.78 is 5.10. The SMILES string of the molecule is O=C(OCc1ccccc1)N1C[C@H](O)[C@@H](O)[C@H](O)C1CO. The molecule has 4 N–H and O–H groups in total. The molecule has 1 fully saturated rings. The first-order valence-electron chi connectivity index (χ1n) is 6.67. The van der Waals surface area contributed by atoms with Gasteiger partial charge in [0.05, 0.1) is 19.2 Å². The van der Waals surface area contributed by atoms with Crippen molar-refractivity contribution in [2.45, 2.75) is 31.0 Å².